The standard InChI is InChI=1S/C15H21NO3/c1-3-6-11-7-4-5-8-14(11)19-12-9-13(16-10-12)15(17)18-2/h4-5,7-8,12-13,16H,3,6,9-10H2,1-2H3/t12-,13+/m1/s1. The predicted molar refractivity (Wildman–Crippen MR) is 73.3 cm³/mol. The Morgan fingerprint density at radius 3 is 2.95 bits per heavy atom. The molecule has 4 nitrogen and oxygen atoms in total. The van der Waals surface area contributed by atoms with E-state index in [9.17, 15) is 4.79 Å². The average Bonchev–Trinajstić information content (AvgIpc) is 2.89. The molecule has 1 fully saturated rings. The first-order chi connectivity index (χ1) is 9.24. The molecule has 19 heavy (non-hydrogen) atoms. The second-order valence-electron chi connectivity index (χ2n) is 4.82. The summed E-state index contributed by atoms with van der Waals surface area (Å²) >= 11 is 0. The van der Waals surface area contributed by atoms with E-state index in [4.69, 9.17) is 9.47 Å². The van der Waals surface area contributed by atoms with Gasteiger partial charge in [0, 0.05) is 13.0 Å². The molecule has 104 valence electrons. The van der Waals surface area contributed by atoms with E-state index in [1.165, 1.54) is 12.7 Å². The topological polar surface area (TPSA) is 47.6 Å². The third-order valence-electron chi connectivity index (χ3n) is 3.36. The zero-order chi connectivity index (χ0) is 13.7. The number of methoxy groups -OCH3 is 1. The number of aryl methyl sites for hydroxylation is 1. The van der Waals surface area contributed by atoms with E-state index in [0.29, 0.717) is 13.0 Å². The molecule has 0 radical (unpaired) electrons. The highest BCUT2D eigenvalue weighted by molar-refractivity contribution is 5.76. The first-order valence-corrected chi connectivity index (χ1v) is 6.80. The van der Waals surface area contributed by atoms with E-state index in [1.807, 2.05) is 18.2 Å². The minimum absolute atomic E-state index is 0.0297. The van der Waals surface area contributed by atoms with Gasteiger partial charge in [-0.1, -0.05) is 31.5 Å². The molecule has 1 aromatic rings. The number of benzene rings is 1. The van der Waals surface area contributed by atoms with Crippen molar-refractivity contribution in [3.63, 3.8) is 0 Å². The Morgan fingerprint density at radius 1 is 1.42 bits per heavy atom. The van der Waals surface area contributed by atoms with Gasteiger partial charge in [0.05, 0.1) is 7.11 Å². The van der Waals surface area contributed by atoms with Crippen LogP contribution in [0.1, 0.15) is 25.3 Å². The molecule has 0 saturated carbocycles. The molecule has 4 heteroatoms. The molecular formula is C15H21NO3. The summed E-state index contributed by atoms with van der Waals surface area (Å²) in [7, 11) is 1.41. The molecule has 1 aliphatic rings. The van der Waals surface area contributed by atoms with E-state index in [-0.39, 0.29) is 18.1 Å². The van der Waals surface area contributed by atoms with Crippen LogP contribution in [-0.2, 0) is 16.0 Å². The molecule has 0 amide bonds. The highest BCUT2D eigenvalue weighted by Gasteiger charge is 2.31. The van der Waals surface area contributed by atoms with Crippen LogP contribution in [0.5, 0.6) is 5.75 Å². The van der Waals surface area contributed by atoms with Crippen molar-refractivity contribution < 1.29 is 14.3 Å². The van der Waals surface area contributed by atoms with Gasteiger partial charge < -0.3 is 14.8 Å². The van der Waals surface area contributed by atoms with Crippen LogP contribution in [0.15, 0.2) is 24.3 Å². The Hall–Kier alpha value is -1.55. The zero-order valence-electron chi connectivity index (χ0n) is 11.5. The van der Waals surface area contributed by atoms with Crippen LogP contribution in [-0.4, -0.2) is 31.8 Å². The van der Waals surface area contributed by atoms with Crippen LogP contribution in [0.3, 0.4) is 0 Å². The van der Waals surface area contributed by atoms with Crippen LogP contribution in [0.25, 0.3) is 0 Å². The maximum absolute atomic E-state index is 11.4. The van der Waals surface area contributed by atoms with Gasteiger partial charge in [-0.3, -0.25) is 4.79 Å². The molecule has 1 N–H and O–H groups in total. The second kappa shape index (κ2) is 6.57. The average molecular weight is 263 g/mol. The lowest BCUT2D eigenvalue weighted by Crippen LogP contribution is -2.31. The lowest BCUT2D eigenvalue weighted by molar-refractivity contribution is -0.142. The fourth-order valence-corrected chi connectivity index (χ4v) is 2.39. The van der Waals surface area contributed by atoms with Crippen molar-refractivity contribution in [2.45, 2.75) is 38.3 Å². The van der Waals surface area contributed by atoms with Crippen LogP contribution in [0.2, 0.25) is 0 Å². The lowest BCUT2D eigenvalue weighted by Gasteiger charge is -2.16. The minimum atomic E-state index is -0.242. The molecule has 1 heterocycles. The van der Waals surface area contributed by atoms with Crippen molar-refractivity contribution in [3.05, 3.63) is 29.8 Å². The first-order valence-electron chi connectivity index (χ1n) is 6.80. The van der Waals surface area contributed by atoms with Crippen molar-refractivity contribution in [2.24, 2.45) is 0 Å². The maximum atomic E-state index is 11.4. The number of esters is 1. The van der Waals surface area contributed by atoms with Crippen LogP contribution >= 0.6 is 0 Å². The van der Waals surface area contributed by atoms with E-state index < -0.39 is 0 Å². The Kier molecular flexibility index (Phi) is 4.80. The Labute approximate surface area is 114 Å². The zero-order valence-corrected chi connectivity index (χ0v) is 11.5. The van der Waals surface area contributed by atoms with Gasteiger partial charge in [0.2, 0.25) is 0 Å². The van der Waals surface area contributed by atoms with Gasteiger partial charge in [-0.05, 0) is 18.1 Å². The van der Waals surface area contributed by atoms with Crippen molar-refractivity contribution in [2.75, 3.05) is 13.7 Å². The number of para-hydroxylation sites is 1. The fourth-order valence-electron chi connectivity index (χ4n) is 2.39. The summed E-state index contributed by atoms with van der Waals surface area (Å²) in [4.78, 5) is 11.4. The molecule has 0 aliphatic carbocycles. The van der Waals surface area contributed by atoms with Gasteiger partial charge in [0.1, 0.15) is 17.9 Å². The van der Waals surface area contributed by atoms with E-state index in [2.05, 4.69) is 18.3 Å². The van der Waals surface area contributed by atoms with Crippen LogP contribution < -0.4 is 10.1 Å². The number of hydrogen-bond donors (Lipinski definition) is 1. The summed E-state index contributed by atoms with van der Waals surface area (Å²) in [6, 6.07) is 7.86. The molecule has 1 aromatic carbocycles. The van der Waals surface area contributed by atoms with Gasteiger partial charge in [0.25, 0.3) is 0 Å². The van der Waals surface area contributed by atoms with Gasteiger partial charge >= 0.3 is 5.97 Å². The quantitative estimate of drug-likeness (QED) is 0.825. The van der Waals surface area contributed by atoms with Crippen molar-refractivity contribution in [3.8, 4) is 5.75 Å². The number of hydrogen-bond acceptors (Lipinski definition) is 4. The number of rotatable bonds is 5. The Balaban J connectivity index is 1.97. The number of nitrogens with one attached hydrogen (secondary N) is 1. The third kappa shape index (κ3) is 3.47. The van der Waals surface area contributed by atoms with Crippen LogP contribution in [0, 0.1) is 0 Å². The monoisotopic (exact) mass is 263 g/mol. The highest BCUT2D eigenvalue weighted by Crippen LogP contribution is 2.23. The molecule has 1 saturated heterocycles. The van der Waals surface area contributed by atoms with Crippen molar-refractivity contribution in [1.82, 2.24) is 5.32 Å². The molecular weight excluding hydrogens is 242 g/mol. The number of carbonyl (C=O) groups excluding carboxylic acids is 1. The van der Waals surface area contributed by atoms with Crippen molar-refractivity contribution >= 4 is 5.97 Å². The minimum Gasteiger partial charge on any atom is -0.489 e. The molecule has 0 bridgehead atoms. The summed E-state index contributed by atoms with van der Waals surface area (Å²) in [6.45, 7) is 2.83. The summed E-state index contributed by atoms with van der Waals surface area (Å²) in [5.74, 6) is 0.717. The first kappa shape index (κ1) is 13.9. The lowest BCUT2D eigenvalue weighted by atomic mass is 10.1. The van der Waals surface area contributed by atoms with Crippen LogP contribution in [0.4, 0.5) is 0 Å². The normalized spacial score (nSPS) is 22.2. The number of ether oxygens (including phenoxy) is 2. The summed E-state index contributed by atoms with van der Waals surface area (Å²) in [5, 5.41) is 3.13. The molecule has 0 spiro atoms. The molecule has 2 atom stereocenters. The molecule has 0 unspecified atom stereocenters. The third-order valence-corrected chi connectivity index (χ3v) is 3.36. The van der Waals surface area contributed by atoms with Gasteiger partial charge in [-0.25, -0.2) is 0 Å². The highest BCUT2D eigenvalue weighted by atomic mass is 16.5. The summed E-state index contributed by atoms with van der Waals surface area (Å²) in [6.07, 6.45) is 2.79. The van der Waals surface area contributed by atoms with Gasteiger partial charge in [0.15, 0.2) is 0 Å². The van der Waals surface area contributed by atoms with Crippen molar-refractivity contribution in [1.29, 1.82) is 0 Å². The predicted octanol–water partition coefficient (Wildman–Crippen LogP) is 1.92. The largest absolute Gasteiger partial charge is 0.489 e. The molecule has 2 rings (SSSR count). The summed E-state index contributed by atoms with van der Waals surface area (Å²) in [5.41, 5.74) is 1.23. The molecule has 1 aliphatic heterocycles. The van der Waals surface area contributed by atoms with E-state index >= 15 is 0 Å². The molecule has 0 aromatic heterocycles. The van der Waals surface area contributed by atoms with Gasteiger partial charge in [-0.2, -0.15) is 0 Å². The second-order valence-corrected chi connectivity index (χ2v) is 4.82. The fraction of sp³-hybridized carbons (Fsp3) is 0.533. The van der Waals surface area contributed by atoms with Gasteiger partial charge in [-0.15, -0.1) is 0 Å². The van der Waals surface area contributed by atoms with E-state index in [0.717, 1.165) is 18.6 Å². The Bertz CT molecular complexity index is 433. The van der Waals surface area contributed by atoms with E-state index in [1.54, 1.807) is 0 Å². The Morgan fingerprint density at radius 2 is 2.21 bits per heavy atom. The maximum Gasteiger partial charge on any atom is 0.323 e. The number of carbonyl (C=O) groups is 1. The summed E-state index contributed by atoms with van der Waals surface area (Å²) < 4.78 is 10.8. The SMILES string of the molecule is CCCc1ccccc1O[C@H]1CN[C@H](C(=O)OC)C1. The smallest absolute Gasteiger partial charge is 0.323 e.